The van der Waals surface area contributed by atoms with Crippen LogP contribution in [0.1, 0.15) is 24.9 Å². The van der Waals surface area contributed by atoms with Crippen molar-refractivity contribution in [3.63, 3.8) is 0 Å². The van der Waals surface area contributed by atoms with Gasteiger partial charge in [0.05, 0.1) is 35.6 Å². The third kappa shape index (κ3) is 3.35. The number of nitrogens with zero attached hydrogens (tertiary/aromatic N) is 2. The van der Waals surface area contributed by atoms with E-state index in [2.05, 4.69) is 16.5 Å². The molecule has 4 rings (SSSR count). The lowest BCUT2D eigenvalue weighted by Gasteiger charge is -2.42. The number of aromatic amines is 1. The van der Waals surface area contributed by atoms with Gasteiger partial charge in [-0.1, -0.05) is 6.58 Å². The van der Waals surface area contributed by atoms with Crippen LogP contribution in [-0.4, -0.2) is 28.7 Å². The van der Waals surface area contributed by atoms with E-state index in [1.165, 1.54) is 18.2 Å². The number of hydrogen-bond acceptors (Lipinski definition) is 3. The number of ether oxygens (including phenoxy) is 1. The molecule has 150 valence electrons. The second kappa shape index (κ2) is 7.27. The molecule has 1 aliphatic heterocycles. The molecule has 1 aromatic heterocycles. The molecule has 0 radical (unpaired) electrons. The fourth-order valence-electron chi connectivity index (χ4n) is 3.36. The van der Waals surface area contributed by atoms with Crippen molar-refractivity contribution < 1.29 is 22.7 Å². The van der Waals surface area contributed by atoms with Crippen molar-refractivity contribution in [3.8, 4) is 5.75 Å². The number of carbonyl (C=O) groups excluding carboxylic acids is 1. The Morgan fingerprint density at radius 1 is 1.28 bits per heavy atom. The van der Waals surface area contributed by atoms with Crippen molar-refractivity contribution in [2.75, 3.05) is 11.5 Å². The highest BCUT2D eigenvalue weighted by atomic mass is 19.1. The third-order valence-corrected chi connectivity index (χ3v) is 4.88. The van der Waals surface area contributed by atoms with Crippen molar-refractivity contribution in [1.29, 1.82) is 0 Å². The zero-order valence-corrected chi connectivity index (χ0v) is 15.6. The van der Waals surface area contributed by atoms with Crippen LogP contribution in [0, 0.1) is 11.6 Å². The van der Waals surface area contributed by atoms with Crippen LogP contribution in [0.3, 0.4) is 0 Å². The van der Waals surface area contributed by atoms with Crippen LogP contribution in [0.4, 0.5) is 18.9 Å². The molecule has 0 aliphatic carbocycles. The number of alkyl halides is 1. The fraction of sp³-hybridized carbons (Fsp3) is 0.238. The fourth-order valence-corrected chi connectivity index (χ4v) is 3.36. The molecular weight excluding hydrogens is 383 g/mol. The van der Waals surface area contributed by atoms with E-state index in [0.717, 1.165) is 17.6 Å². The summed E-state index contributed by atoms with van der Waals surface area (Å²) in [5, 5.41) is 0. The Balaban J connectivity index is 1.65. The van der Waals surface area contributed by atoms with Crippen molar-refractivity contribution >= 4 is 22.6 Å². The quantitative estimate of drug-likeness (QED) is 0.485. The summed E-state index contributed by atoms with van der Waals surface area (Å²) >= 11 is 0. The van der Waals surface area contributed by atoms with Gasteiger partial charge in [-0.2, -0.15) is 0 Å². The lowest BCUT2D eigenvalue weighted by Crippen LogP contribution is -2.49. The highest BCUT2D eigenvalue weighted by Gasteiger charge is 2.45. The Bertz CT molecular complexity index is 1090. The summed E-state index contributed by atoms with van der Waals surface area (Å²) in [6.07, 6.45) is 0.557. The molecule has 1 aliphatic rings. The second-order valence-electron chi connectivity index (χ2n) is 6.93. The summed E-state index contributed by atoms with van der Waals surface area (Å²) in [7, 11) is 0. The summed E-state index contributed by atoms with van der Waals surface area (Å²) < 4.78 is 47.6. The molecule has 2 atom stereocenters. The molecule has 1 saturated heterocycles. The molecule has 1 amide bonds. The summed E-state index contributed by atoms with van der Waals surface area (Å²) in [6.45, 7) is 5.06. The maximum absolute atomic E-state index is 14.8. The monoisotopic (exact) mass is 401 g/mol. The average molecular weight is 401 g/mol. The largest absolute Gasteiger partial charge is 0.493 e. The number of aromatic nitrogens is 2. The minimum atomic E-state index is -1.08. The average Bonchev–Trinajstić information content (AvgIpc) is 3.14. The highest BCUT2D eigenvalue weighted by molar-refractivity contribution is 6.15. The number of halogens is 3. The molecule has 1 unspecified atom stereocenters. The van der Waals surface area contributed by atoms with Crippen LogP contribution in [0.5, 0.6) is 5.75 Å². The smallest absolute Gasteiger partial charge is 0.256 e. The first-order chi connectivity index (χ1) is 13.9. The molecular formula is C21H18F3N3O2. The van der Waals surface area contributed by atoms with E-state index < -0.39 is 29.8 Å². The Hall–Kier alpha value is -3.29. The maximum Gasteiger partial charge on any atom is 0.256 e. The Morgan fingerprint density at radius 3 is 2.69 bits per heavy atom. The zero-order chi connectivity index (χ0) is 20.7. The van der Waals surface area contributed by atoms with E-state index in [0.29, 0.717) is 11.2 Å². The van der Waals surface area contributed by atoms with Gasteiger partial charge < -0.3 is 9.72 Å². The van der Waals surface area contributed by atoms with Crippen molar-refractivity contribution in [3.05, 3.63) is 66.0 Å². The van der Waals surface area contributed by atoms with Gasteiger partial charge in [-0.3, -0.25) is 9.69 Å². The number of hydrogen-bond donors (Lipinski definition) is 1. The van der Waals surface area contributed by atoms with E-state index >= 15 is 0 Å². The maximum atomic E-state index is 14.8. The second-order valence-corrected chi connectivity index (χ2v) is 6.93. The van der Waals surface area contributed by atoms with Gasteiger partial charge in [-0.25, -0.2) is 18.2 Å². The molecule has 3 aromatic rings. The van der Waals surface area contributed by atoms with Crippen molar-refractivity contribution in [2.24, 2.45) is 0 Å². The number of fused-ring (bicyclic) bond motifs is 1. The summed E-state index contributed by atoms with van der Waals surface area (Å²) in [5.41, 5.74) is 1.66. The molecule has 1 N–H and O–H groups in total. The minimum Gasteiger partial charge on any atom is -0.493 e. The zero-order valence-electron chi connectivity index (χ0n) is 15.6. The number of rotatable bonds is 6. The highest BCUT2D eigenvalue weighted by Crippen LogP contribution is 2.45. The van der Waals surface area contributed by atoms with Gasteiger partial charge in [0, 0.05) is 29.8 Å². The molecule has 0 bridgehead atoms. The van der Waals surface area contributed by atoms with Gasteiger partial charge in [0.25, 0.3) is 5.91 Å². The lowest BCUT2D eigenvalue weighted by molar-refractivity contribution is -0.119. The predicted molar refractivity (Wildman–Crippen MR) is 103 cm³/mol. The molecule has 8 heteroatoms. The van der Waals surface area contributed by atoms with Gasteiger partial charge >= 0.3 is 0 Å². The predicted octanol–water partition coefficient (Wildman–Crippen LogP) is 4.61. The number of H-pyrrole nitrogens is 1. The van der Waals surface area contributed by atoms with Crippen LogP contribution in [0.25, 0.3) is 11.0 Å². The van der Waals surface area contributed by atoms with Crippen LogP contribution in [-0.2, 0) is 4.79 Å². The minimum absolute atomic E-state index is 0.000317. The molecule has 0 saturated carbocycles. The van der Waals surface area contributed by atoms with Crippen LogP contribution >= 0.6 is 0 Å². The first-order valence-corrected chi connectivity index (χ1v) is 9.08. The van der Waals surface area contributed by atoms with Gasteiger partial charge in [0.15, 0.2) is 0 Å². The standard InChI is InChI=1S/C21H18F3N3O2/c1-11(22)5-6-29-14-8-15(23)19(16(24)9-14)20-12(2)21(28)27(20)13-3-4-17-18(7-13)26-10-25-17/h3-4,7-11,20H,2,5-6H2,1H3,(H,25,26)/t11?,20-/m0/s1. The molecule has 0 spiro atoms. The van der Waals surface area contributed by atoms with Gasteiger partial charge in [-0.15, -0.1) is 0 Å². The SMILES string of the molecule is C=C1C(=O)N(c2ccc3[nH]cnc3c2)[C@@H]1c1c(F)cc(OCCC(C)F)cc1F. The Morgan fingerprint density at radius 2 is 2.00 bits per heavy atom. The number of benzene rings is 2. The van der Waals surface area contributed by atoms with Crippen molar-refractivity contribution in [2.45, 2.75) is 25.6 Å². The van der Waals surface area contributed by atoms with Gasteiger partial charge in [0.2, 0.25) is 0 Å². The number of β-lactam (4-membered cyclic amide) rings is 1. The summed E-state index contributed by atoms with van der Waals surface area (Å²) in [4.78, 5) is 20.8. The van der Waals surface area contributed by atoms with E-state index in [4.69, 9.17) is 4.74 Å². The number of carbonyl (C=O) groups is 1. The first kappa shape index (κ1) is 19.0. The third-order valence-electron chi connectivity index (χ3n) is 4.88. The van der Waals surface area contributed by atoms with E-state index in [9.17, 15) is 18.0 Å². The number of amides is 1. The molecule has 5 nitrogen and oxygen atoms in total. The van der Waals surface area contributed by atoms with Crippen molar-refractivity contribution in [1.82, 2.24) is 9.97 Å². The molecule has 1 fully saturated rings. The Labute approximate surface area is 164 Å². The van der Waals surface area contributed by atoms with E-state index in [1.807, 2.05) is 0 Å². The van der Waals surface area contributed by atoms with Crippen LogP contribution < -0.4 is 9.64 Å². The van der Waals surface area contributed by atoms with E-state index in [-0.39, 0.29) is 29.9 Å². The Kier molecular flexibility index (Phi) is 4.77. The molecule has 29 heavy (non-hydrogen) atoms. The molecule has 2 aromatic carbocycles. The van der Waals surface area contributed by atoms with Crippen LogP contribution in [0.15, 0.2) is 48.8 Å². The lowest BCUT2D eigenvalue weighted by atomic mass is 9.87. The van der Waals surface area contributed by atoms with E-state index in [1.54, 1.807) is 18.2 Å². The first-order valence-electron chi connectivity index (χ1n) is 9.08. The number of anilines is 1. The normalized spacial score (nSPS) is 17.5. The molecule has 2 heterocycles. The number of imidazole rings is 1. The van der Waals surface area contributed by atoms with Gasteiger partial charge in [0.1, 0.15) is 23.6 Å². The summed E-state index contributed by atoms with van der Waals surface area (Å²) in [6, 6.07) is 6.16. The van der Waals surface area contributed by atoms with Gasteiger partial charge in [-0.05, 0) is 25.1 Å². The number of nitrogens with one attached hydrogen (secondary N) is 1. The topological polar surface area (TPSA) is 58.2 Å². The summed E-state index contributed by atoms with van der Waals surface area (Å²) in [5.74, 6) is -2.18. The van der Waals surface area contributed by atoms with Crippen LogP contribution in [0.2, 0.25) is 0 Å².